The zero-order valence-corrected chi connectivity index (χ0v) is 11.9. The minimum atomic E-state index is 0.229. The highest BCUT2D eigenvalue weighted by Crippen LogP contribution is 2.15. The maximum atomic E-state index is 12.3. The van der Waals surface area contributed by atoms with E-state index in [1.54, 1.807) is 0 Å². The number of amides is 1. The number of carbonyl (C=O) groups excluding carboxylic acids is 1. The van der Waals surface area contributed by atoms with Crippen molar-refractivity contribution in [3.05, 3.63) is 36.0 Å². The third-order valence-corrected chi connectivity index (χ3v) is 4.10. The molecule has 1 aromatic heterocycles. The minimum absolute atomic E-state index is 0.229. The van der Waals surface area contributed by atoms with Crippen LogP contribution in [0.25, 0.3) is 10.9 Å². The van der Waals surface area contributed by atoms with Gasteiger partial charge in [0.2, 0.25) is 5.91 Å². The van der Waals surface area contributed by atoms with Crippen LogP contribution in [0.2, 0.25) is 0 Å². The van der Waals surface area contributed by atoms with Gasteiger partial charge in [0.05, 0.1) is 6.42 Å². The van der Waals surface area contributed by atoms with Crippen LogP contribution in [0.15, 0.2) is 30.3 Å². The zero-order chi connectivity index (χ0) is 13.9. The van der Waals surface area contributed by atoms with E-state index in [9.17, 15) is 4.79 Å². The topological polar surface area (TPSA) is 39.3 Å². The van der Waals surface area contributed by atoms with Gasteiger partial charge in [-0.2, -0.15) is 0 Å². The van der Waals surface area contributed by atoms with Crippen molar-refractivity contribution in [1.29, 1.82) is 0 Å². The van der Waals surface area contributed by atoms with Crippen molar-refractivity contribution in [2.75, 3.05) is 32.7 Å². The predicted molar refractivity (Wildman–Crippen MR) is 80.7 cm³/mol. The van der Waals surface area contributed by atoms with Crippen LogP contribution >= 0.6 is 0 Å². The van der Waals surface area contributed by atoms with Crippen LogP contribution < -0.4 is 0 Å². The quantitative estimate of drug-likeness (QED) is 0.925. The largest absolute Gasteiger partial charge is 0.358 e. The number of hydrogen-bond donors (Lipinski definition) is 1. The van der Waals surface area contributed by atoms with E-state index in [0.717, 1.165) is 43.9 Å². The van der Waals surface area contributed by atoms with Gasteiger partial charge in [-0.3, -0.25) is 4.79 Å². The lowest BCUT2D eigenvalue weighted by molar-refractivity contribution is -0.132. The molecule has 1 saturated heterocycles. The van der Waals surface area contributed by atoms with Crippen LogP contribution in [0.4, 0.5) is 0 Å². The monoisotopic (exact) mass is 271 g/mol. The number of likely N-dealkylation sites (N-methyl/N-ethyl adjacent to an activating group) is 1. The van der Waals surface area contributed by atoms with Gasteiger partial charge in [0, 0.05) is 37.4 Å². The van der Waals surface area contributed by atoms with Crippen molar-refractivity contribution in [3.8, 4) is 0 Å². The summed E-state index contributed by atoms with van der Waals surface area (Å²) in [4.78, 5) is 20.0. The Labute approximate surface area is 119 Å². The van der Waals surface area contributed by atoms with Gasteiger partial charge in [0.1, 0.15) is 0 Å². The van der Waals surface area contributed by atoms with Gasteiger partial charge >= 0.3 is 0 Å². The van der Waals surface area contributed by atoms with Crippen molar-refractivity contribution >= 4 is 16.8 Å². The van der Waals surface area contributed by atoms with Gasteiger partial charge in [0.15, 0.2) is 0 Å². The highest BCUT2D eigenvalue weighted by atomic mass is 16.2. The molecule has 1 fully saturated rings. The van der Waals surface area contributed by atoms with Gasteiger partial charge in [0.25, 0.3) is 0 Å². The summed E-state index contributed by atoms with van der Waals surface area (Å²) < 4.78 is 0. The molecule has 4 heteroatoms. The Bertz CT molecular complexity index is 564. The standard InChI is InChI=1S/C16H21N3O/c1-2-18-7-9-19(10-8-18)16(20)12-14-11-13-5-3-4-6-15(13)17-14/h3-6,11,17H,2,7-10,12H2,1H3. The summed E-state index contributed by atoms with van der Waals surface area (Å²) in [7, 11) is 0. The molecule has 0 aliphatic carbocycles. The molecule has 2 heterocycles. The average molecular weight is 271 g/mol. The minimum Gasteiger partial charge on any atom is -0.358 e. The summed E-state index contributed by atoms with van der Waals surface area (Å²) in [6.45, 7) is 6.94. The predicted octanol–water partition coefficient (Wildman–Crippen LogP) is 1.87. The molecule has 0 spiro atoms. The van der Waals surface area contributed by atoms with Crippen LogP contribution in [0.5, 0.6) is 0 Å². The van der Waals surface area contributed by atoms with E-state index >= 15 is 0 Å². The number of rotatable bonds is 3. The Balaban J connectivity index is 1.64. The Morgan fingerprint density at radius 1 is 1.20 bits per heavy atom. The lowest BCUT2D eigenvalue weighted by atomic mass is 10.2. The number of para-hydroxylation sites is 1. The molecule has 1 aromatic carbocycles. The molecule has 3 rings (SSSR count). The molecule has 106 valence electrons. The van der Waals surface area contributed by atoms with E-state index in [4.69, 9.17) is 0 Å². The number of benzene rings is 1. The van der Waals surface area contributed by atoms with Crippen molar-refractivity contribution in [3.63, 3.8) is 0 Å². The molecule has 0 bridgehead atoms. The third kappa shape index (κ3) is 2.70. The first-order valence-corrected chi connectivity index (χ1v) is 7.33. The van der Waals surface area contributed by atoms with E-state index in [0.29, 0.717) is 6.42 Å². The molecule has 20 heavy (non-hydrogen) atoms. The molecule has 0 atom stereocenters. The third-order valence-electron chi connectivity index (χ3n) is 4.10. The van der Waals surface area contributed by atoms with Gasteiger partial charge in [-0.1, -0.05) is 25.1 Å². The van der Waals surface area contributed by atoms with E-state index in [2.05, 4.69) is 28.9 Å². The lowest BCUT2D eigenvalue weighted by Crippen LogP contribution is -2.48. The SMILES string of the molecule is CCN1CCN(C(=O)Cc2cc3ccccc3[nH]2)CC1. The Hall–Kier alpha value is -1.81. The number of piperazine rings is 1. The van der Waals surface area contributed by atoms with Crippen LogP contribution in [0.1, 0.15) is 12.6 Å². The fraction of sp³-hybridized carbons (Fsp3) is 0.438. The smallest absolute Gasteiger partial charge is 0.228 e. The number of nitrogens with zero attached hydrogens (tertiary/aromatic N) is 2. The number of carbonyl (C=O) groups is 1. The van der Waals surface area contributed by atoms with E-state index in [1.807, 2.05) is 23.1 Å². The summed E-state index contributed by atoms with van der Waals surface area (Å²) in [6, 6.07) is 10.2. The molecule has 4 nitrogen and oxygen atoms in total. The average Bonchev–Trinajstić information content (AvgIpc) is 2.89. The number of fused-ring (bicyclic) bond motifs is 1. The molecule has 1 N–H and O–H groups in total. The van der Waals surface area contributed by atoms with E-state index in [1.165, 1.54) is 5.39 Å². The molecule has 2 aromatic rings. The lowest BCUT2D eigenvalue weighted by Gasteiger charge is -2.34. The van der Waals surface area contributed by atoms with Crippen molar-refractivity contribution in [2.45, 2.75) is 13.3 Å². The zero-order valence-electron chi connectivity index (χ0n) is 11.9. The van der Waals surface area contributed by atoms with Crippen molar-refractivity contribution in [1.82, 2.24) is 14.8 Å². The number of nitrogens with one attached hydrogen (secondary N) is 1. The molecular weight excluding hydrogens is 250 g/mol. The summed E-state index contributed by atoms with van der Waals surface area (Å²) in [5.74, 6) is 0.229. The summed E-state index contributed by atoms with van der Waals surface area (Å²) in [6.07, 6.45) is 0.473. The highest BCUT2D eigenvalue weighted by molar-refractivity contribution is 5.84. The summed E-state index contributed by atoms with van der Waals surface area (Å²) in [5.41, 5.74) is 2.11. The van der Waals surface area contributed by atoms with Gasteiger partial charge in [-0.15, -0.1) is 0 Å². The van der Waals surface area contributed by atoms with E-state index < -0.39 is 0 Å². The van der Waals surface area contributed by atoms with Crippen molar-refractivity contribution in [2.24, 2.45) is 0 Å². The Morgan fingerprint density at radius 3 is 2.65 bits per heavy atom. The van der Waals surface area contributed by atoms with Crippen LogP contribution in [0, 0.1) is 0 Å². The van der Waals surface area contributed by atoms with Crippen LogP contribution in [-0.2, 0) is 11.2 Å². The molecular formula is C16H21N3O. The summed E-state index contributed by atoms with van der Waals surface area (Å²) in [5, 5.41) is 1.17. The fourth-order valence-corrected chi connectivity index (χ4v) is 2.82. The second-order valence-electron chi connectivity index (χ2n) is 5.37. The second-order valence-corrected chi connectivity index (χ2v) is 5.37. The number of H-pyrrole nitrogens is 1. The first kappa shape index (κ1) is 13.2. The maximum absolute atomic E-state index is 12.3. The fourth-order valence-electron chi connectivity index (χ4n) is 2.82. The Kier molecular flexibility index (Phi) is 3.74. The molecule has 1 aliphatic heterocycles. The molecule has 1 amide bonds. The highest BCUT2D eigenvalue weighted by Gasteiger charge is 2.20. The normalized spacial score (nSPS) is 16.8. The maximum Gasteiger partial charge on any atom is 0.228 e. The number of hydrogen-bond acceptors (Lipinski definition) is 2. The molecule has 0 unspecified atom stereocenters. The second kappa shape index (κ2) is 5.67. The van der Waals surface area contributed by atoms with Gasteiger partial charge in [-0.25, -0.2) is 0 Å². The van der Waals surface area contributed by atoms with Crippen LogP contribution in [-0.4, -0.2) is 53.4 Å². The molecule has 0 saturated carbocycles. The summed E-state index contributed by atoms with van der Waals surface area (Å²) >= 11 is 0. The van der Waals surface area contributed by atoms with E-state index in [-0.39, 0.29) is 5.91 Å². The van der Waals surface area contributed by atoms with Gasteiger partial charge < -0.3 is 14.8 Å². The first-order valence-electron chi connectivity index (χ1n) is 7.33. The Morgan fingerprint density at radius 2 is 1.95 bits per heavy atom. The number of aromatic nitrogens is 1. The van der Waals surface area contributed by atoms with Crippen molar-refractivity contribution < 1.29 is 4.79 Å². The van der Waals surface area contributed by atoms with Crippen LogP contribution in [0.3, 0.4) is 0 Å². The number of aromatic amines is 1. The molecule has 0 radical (unpaired) electrons. The first-order chi connectivity index (χ1) is 9.76. The van der Waals surface area contributed by atoms with Gasteiger partial charge in [-0.05, 0) is 24.1 Å². The molecule has 1 aliphatic rings.